The molecule has 2 aromatic rings. The van der Waals surface area contributed by atoms with Crippen LogP contribution in [-0.2, 0) is 0 Å². The smallest absolute Gasteiger partial charge is 0.266 e. The highest BCUT2D eigenvalue weighted by molar-refractivity contribution is 5.96. The molecule has 6 heteroatoms. The zero-order chi connectivity index (χ0) is 17.3. The molecule has 0 aliphatic carbocycles. The molecule has 3 rings (SSSR count). The molecular weight excluding hydrogens is 310 g/mol. The molecule has 3 N–H and O–H groups in total. The van der Waals surface area contributed by atoms with Crippen molar-refractivity contribution < 1.29 is 8.78 Å². The van der Waals surface area contributed by atoms with E-state index in [1.165, 1.54) is 0 Å². The lowest BCUT2D eigenvalue weighted by Gasteiger charge is -2.22. The molecule has 0 radical (unpaired) electrons. The van der Waals surface area contributed by atoms with E-state index in [1.807, 2.05) is 18.2 Å². The number of halogens is 2. The van der Waals surface area contributed by atoms with Crippen molar-refractivity contribution in [1.29, 1.82) is 0 Å². The number of nitrogen functional groups attached to an aromatic ring is 1. The molecule has 1 aromatic heterocycles. The molecule has 24 heavy (non-hydrogen) atoms. The first-order chi connectivity index (χ1) is 11.4. The first kappa shape index (κ1) is 16.2. The summed E-state index contributed by atoms with van der Waals surface area (Å²) >= 11 is 0. The number of nitrogens with zero attached hydrogens (tertiary/aromatic N) is 2. The van der Waals surface area contributed by atoms with Crippen LogP contribution in [0.5, 0.6) is 0 Å². The molecule has 1 aromatic carbocycles. The summed E-state index contributed by atoms with van der Waals surface area (Å²) in [5.74, 6) is -2.63. The van der Waals surface area contributed by atoms with E-state index in [0.29, 0.717) is 30.2 Å². The third-order valence-electron chi connectivity index (χ3n) is 4.25. The molecule has 1 aliphatic rings. The van der Waals surface area contributed by atoms with Gasteiger partial charge in [-0.3, -0.25) is 4.98 Å². The van der Waals surface area contributed by atoms with Gasteiger partial charge in [-0.15, -0.1) is 0 Å². The predicted octanol–water partition coefficient (Wildman–Crippen LogP) is 3.23. The molecule has 1 saturated heterocycles. The lowest BCUT2D eigenvalue weighted by Crippen LogP contribution is -2.29. The third-order valence-corrected chi connectivity index (χ3v) is 4.25. The third kappa shape index (κ3) is 3.18. The Morgan fingerprint density at radius 3 is 2.83 bits per heavy atom. The number of aromatic nitrogens is 1. The minimum Gasteiger partial charge on any atom is -0.397 e. The van der Waals surface area contributed by atoms with Gasteiger partial charge in [-0.1, -0.05) is 25.3 Å². The quantitative estimate of drug-likeness (QED) is 0.827. The highest BCUT2D eigenvalue weighted by atomic mass is 19.3. The van der Waals surface area contributed by atoms with Gasteiger partial charge >= 0.3 is 0 Å². The minimum absolute atomic E-state index is 0.124. The van der Waals surface area contributed by atoms with Crippen LogP contribution in [0.3, 0.4) is 0 Å². The Hall–Kier alpha value is -2.63. The van der Waals surface area contributed by atoms with Crippen LogP contribution in [-0.4, -0.2) is 35.4 Å². The van der Waals surface area contributed by atoms with Gasteiger partial charge in [0.2, 0.25) is 0 Å². The van der Waals surface area contributed by atoms with Crippen molar-refractivity contribution in [3.05, 3.63) is 54.9 Å². The number of hydrogen-bond acceptors (Lipinski definition) is 4. The average molecular weight is 330 g/mol. The van der Waals surface area contributed by atoms with E-state index < -0.39 is 5.92 Å². The fraction of sp³-hybridized carbons (Fsp3) is 0.278. The summed E-state index contributed by atoms with van der Waals surface area (Å²) in [6.07, 6.45) is 1.55. The number of likely N-dealkylation sites (tertiary alicyclic amines) is 1. The molecule has 1 aliphatic heterocycles. The lowest BCUT2D eigenvalue weighted by molar-refractivity contribution is 0.0151. The largest absolute Gasteiger partial charge is 0.397 e. The van der Waals surface area contributed by atoms with Gasteiger partial charge in [-0.05, 0) is 12.1 Å². The van der Waals surface area contributed by atoms with Crippen molar-refractivity contribution in [2.45, 2.75) is 12.3 Å². The van der Waals surface area contributed by atoms with Crippen LogP contribution in [0.1, 0.15) is 12.0 Å². The topological polar surface area (TPSA) is 54.2 Å². The van der Waals surface area contributed by atoms with Crippen LogP contribution >= 0.6 is 0 Å². The fourth-order valence-corrected chi connectivity index (χ4v) is 2.88. The van der Waals surface area contributed by atoms with Crippen molar-refractivity contribution in [1.82, 2.24) is 15.2 Å². The van der Waals surface area contributed by atoms with E-state index in [9.17, 15) is 8.78 Å². The summed E-state index contributed by atoms with van der Waals surface area (Å²) in [4.78, 5) is 5.91. The number of hydrogen-bond donors (Lipinski definition) is 2. The van der Waals surface area contributed by atoms with E-state index in [4.69, 9.17) is 5.73 Å². The monoisotopic (exact) mass is 330 g/mol. The average Bonchev–Trinajstić information content (AvgIpc) is 2.92. The number of fused-ring (bicyclic) bond motifs is 1. The first-order valence-electron chi connectivity index (χ1n) is 7.74. The predicted molar refractivity (Wildman–Crippen MR) is 93.5 cm³/mol. The number of alkyl halides is 2. The van der Waals surface area contributed by atoms with Crippen molar-refractivity contribution in [3.8, 4) is 0 Å². The SMILES string of the molecule is C=C(NCC(=C)N1CCC(F)(F)C1)c1ccnc2c(N)cccc12. The highest BCUT2D eigenvalue weighted by Crippen LogP contribution is 2.29. The van der Waals surface area contributed by atoms with Gasteiger partial charge in [-0.25, -0.2) is 8.78 Å². The van der Waals surface area contributed by atoms with E-state index in [0.717, 1.165) is 16.5 Å². The van der Waals surface area contributed by atoms with Crippen molar-refractivity contribution in [2.24, 2.45) is 0 Å². The summed E-state index contributed by atoms with van der Waals surface area (Å²) in [5, 5.41) is 4.06. The molecule has 0 atom stereocenters. The molecule has 0 bridgehead atoms. The van der Waals surface area contributed by atoms with Gasteiger partial charge in [0.1, 0.15) is 0 Å². The van der Waals surface area contributed by atoms with Gasteiger partial charge < -0.3 is 16.0 Å². The van der Waals surface area contributed by atoms with Gasteiger partial charge in [0.25, 0.3) is 5.92 Å². The van der Waals surface area contributed by atoms with Gasteiger partial charge in [0.05, 0.1) is 24.3 Å². The normalized spacial score (nSPS) is 16.3. The summed E-state index contributed by atoms with van der Waals surface area (Å²) in [6, 6.07) is 7.44. The number of pyridine rings is 1. The zero-order valence-electron chi connectivity index (χ0n) is 13.4. The zero-order valence-corrected chi connectivity index (χ0v) is 13.4. The number of rotatable bonds is 5. The summed E-state index contributed by atoms with van der Waals surface area (Å²) in [7, 11) is 0. The van der Waals surface area contributed by atoms with E-state index >= 15 is 0 Å². The van der Waals surface area contributed by atoms with Gasteiger partial charge in [-0.2, -0.15) is 0 Å². The Labute approximate surface area is 139 Å². The van der Waals surface area contributed by atoms with Crippen LogP contribution in [0.4, 0.5) is 14.5 Å². The molecular formula is C18H20F2N4. The first-order valence-corrected chi connectivity index (χ1v) is 7.74. The Kier molecular flexibility index (Phi) is 4.13. The maximum Gasteiger partial charge on any atom is 0.266 e. The highest BCUT2D eigenvalue weighted by Gasteiger charge is 2.38. The van der Waals surface area contributed by atoms with Crippen molar-refractivity contribution in [3.63, 3.8) is 0 Å². The van der Waals surface area contributed by atoms with Crippen LogP contribution in [0.2, 0.25) is 0 Å². The van der Waals surface area contributed by atoms with Crippen molar-refractivity contribution in [2.75, 3.05) is 25.4 Å². The standard InChI is InChI=1S/C18H20F2N4/c1-12(24-9-7-18(19,20)11-24)10-23-13(2)14-6-8-22-17-15(14)4-3-5-16(17)21/h3-6,8,23H,1-2,7,9-11,21H2. The molecule has 0 spiro atoms. The molecule has 0 saturated carbocycles. The number of para-hydroxylation sites is 1. The van der Waals surface area contributed by atoms with Crippen LogP contribution < -0.4 is 11.1 Å². The summed E-state index contributed by atoms with van der Waals surface area (Å²) in [5.41, 5.74) is 9.47. The second-order valence-corrected chi connectivity index (χ2v) is 6.03. The number of benzene rings is 1. The number of anilines is 1. The van der Waals surface area contributed by atoms with Crippen molar-refractivity contribution >= 4 is 22.3 Å². The second-order valence-electron chi connectivity index (χ2n) is 6.03. The maximum atomic E-state index is 13.3. The molecule has 2 heterocycles. The van der Waals surface area contributed by atoms with Gasteiger partial charge in [0.15, 0.2) is 0 Å². The van der Waals surface area contributed by atoms with E-state index in [-0.39, 0.29) is 13.0 Å². The van der Waals surface area contributed by atoms with Crippen LogP contribution in [0.15, 0.2) is 49.3 Å². The summed E-state index contributed by atoms with van der Waals surface area (Å²) < 4.78 is 26.6. The fourth-order valence-electron chi connectivity index (χ4n) is 2.88. The molecule has 1 fully saturated rings. The Morgan fingerprint density at radius 2 is 2.12 bits per heavy atom. The Morgan fingerprint density at radius 1 is 1.33 bits per heavy atom. The second kappa shape index (κ2) is 6.11. The summed E-state index contributed by atoms with van der Waals surface area (Å²) in [6.45, 7) is 8.37. The molecule has 4 nitrogen and oxygen atoms in total. The van der Waals surface area contributed by atoms with E-state index in [2.05, 4.69) is 23.5 Å². The number of nitrogens with one attached hydrogen (secondary N) is 1. The lowest BCUT2D eigenvalue weighted by atomic mass is 10.1. The van der Waals surface area contributed by atoms with Crippen LogP contribution in [0.25, 0.3) is 16.6 Å². The minimum atomic E-state index is -2.63. The molecule has 0 amide bonds. The Bertz CT molecular complexity index is 801. The number of nitrogens with two attached hydrogens (primary N) is 1. The van der Waals surface area contributed by atoms with Gasteiger partial charge in [0, 0.05) is 41.5 Å². The molecule has 126 valence electrons. The molecule has 0 unspecified atom stereocenters. The Balaban J connectivity index is 1.70. The maximum absolute atomic E-state index is 13.3. The van der Waals surface area contributed by atoms with Crippen LogP contribution in [0, 0.1) is 0 Å². The van der Waals surface area contributed by atoms with E-state index in [1.54, 1.807) is 17.2 Å².